The van der Waals surface area contributed by atoms with Crippen LogP contribution in [-0.2, 0) is 19.5 Å². The number of imidazole rings is 1. The number of nitrogens with zero attached hydrogens (tertiary/aromatic N) is 2. The summed E-state index contributed by atoms with van der Waals surface area (Å²) in [5, 5.41) is 0. The first-order valence-electron chi connectivity index (χ1n) is 16.9. The summed E-state index contributed by atoms with van der Waals surface area (Å²) in [6, 6.07) is 0. The third-order valence-electron chi connectivity index (χ3n) is 8.10. The topological polar surface area (TPSA) is 8.81 Å². The van der Waals surface area contributed by atoms with Gasteiger partial charge in [-0.05, 0) is 25.7 Å². The van der Waals surface area contributed by atoms with Gasteiger partial charge in [-0.15, -0.1) is 0 Å². The van der Waals surface area contributed by atoms with Gasteiger partial charge in [-0.1, -0.05) is 156 Å². The number of aromatic nitrogens is 2. The molecular formula is C34H67N2+. The third-order valence-corrected chi connectivity index (χ3v) is 8.10. The van der Waals surface area contributed by atoms with E-state index in [0.717, 1.165) is 0 Å². The lowest BCUT2D eigenvalue weighted by Crippen LogP contribution is -2.37. The van der Waals surface area contributed by atoms with Crippen LogP contribution in [0.1, 0.15) is 187 Å². The molecule has 2 heteroatoms. The summed E-state index contributed by atoms with van der Waals surface area (Å²) in [6.45, 7) is 9.36. The molecule has 0 amide bonds. The molecule has 0 bridgehead atoms. The molecule has 212 valence electrons. The summed E-state index contributed by atoms with van der Waals surface area (Å²) >= 11 is 0. The van der Waals surface area contributed by atoms with Crippen molar-refractivity contribution in [2.45, 2.75) is 201 Å². The highest BCUT2D eigenvalue weighted by atomic mass is 15.1. The smallest absolute Gasteiger partial charge is 0.234 e. The Morgan fingerprint density at radius 1 is 0.472 bits per heavy atom. The standard InChI is InChI=1S/C34H67N2/c1-4-7-10-12-14-16-17-18-19-20-22-24-26-28-31-36-33-32-35(30-9-6-3)34(36)29-27-25-23-21-15-13-11-8-5-2/h32-33H,4-31H2,1-3H3/q+1. The van der Waals surface area contributed by atoms with Crippen LogP contribution in [0.2, 0.25) is 0 Å². The minimum Gasteiger partial charge on any atom is -0.234 e. The molecule has 1 aromatic heterocycles. The minimum atomic E-state index is 1.20. The van der Waals surface area contributed by atoms with E-state index < -0.39 is 0 Å². The summed E-state index contributed by atoms with van der Waals surface area (Å²) in [5.41, 5.74) is 0. The molecule has 0 N–H and O–H groups in total. The molecule has 0 aliphatic carbocycles. The Morgan fingerprint density at radius 3 is 1.31 bits per heavy atom. The van der Waals surface area contributed by atoms with E-state index >= 15 is 0 Å². The Balaban J connectivity index is 2.13. The summed E-state index contributed by atoms with van der Waals surface area (Å²) in [5.74, 6) is 1.60. The van der Waals surface area contributed by atoms with Crippen molar-refractivity contribution in [3.63, 3.8) is 0 Å². The predicted octanol–water partition coefficient (Wildman–Crippen LogP) is 11.1. The summed E-state index contributed by atoms with van der Waals surface area (Å²) in [4.78, 5) is 0. The lowest BCUT2D eigenvalue weighted by molar-refractivity contribution is -0.704. The molecule has 0 saturated carbocycles. The van der Waals surface area contributed by atoms with Crippen LogP contribution in [0.25, 0.3) is 0 Å². The van der Waals surface area contributed by atoms with Crippen molar-refractivity contribution in [1.29, 1.82) is 0 Å². The van der Waals surface area contributed by atoms with E-state index in [1.54, 1.807) is 5.82 Å². The second kappa shape index (κ2) is 25.8. The molecule has 0 fully saturated rings. The Labute approximate surface area is 228 Å². The fourth-order valence-corrected chi connectivity index (χ4v) is 5.59. The van der Waals surface area contributed by atoms with E-state index in [4.69, 9.17) is 0 Å². The van der Waals surface area contributed by atoms with Crippen LogP contribution in [0.15, 0.2) is 12.4 Å². The molecule has 0 aromatic carbocycles. The molecule has 36 heavy (non-hydrogen) atoms. The van der Waals surface area contributed by atoms with Gasteiger partial charge in [0.2, 0.25) is 0 Å². The van der Waals surface area contributed by atoms with Crippen LogP contribution < -0.4 is 4.57 Å². The van der Waals surface area contributed by atoms with E-state index in [1.165, 1.54) is 180 Å². The van der Waals surface area contributed by atoms with E-state index in [-0.39, 0.29) is 0 Å². The number of rotatable bonds is 28. The second-order valence-electron chi connectivity index (χ2n) is 11.6. The van der Waals surface area contributed by atoms with Gasteiger partial charge < -0.3 is 0 Å². The monoisotopic (exact) mass is 504 g/mol. The molecule has 1 heterocycles. The largest absolute Gasteiger partial charge is 0.256 e. The molecule has 0 atom stereocenters. The first-order valence-corrected chi connectivity index (χ1v) is 16.9. The molecule has 0 spiro atoms. The molecule has 0 saturated heterocycles. The molecule has 1 rings (SSSR count). The van der Waals surface area contributed by atoms with Gasteiger partial charge in [-0.2, -0.15) is 0 Å². The first kappa shape index (κ1) is 33.2. The van der Waals surface area contributed by atoms with Crippen molar-refractivity contribution in [1.82, 2.24) is 4.57 Å². The highest BCUT2D eigenvalue weighted by molar-refractivity contribution is 4.84. The molecule has 0 aliphatic rings. The quantitative estimate of drug-likeness (QED) is 0.0794. The van der Waals surface area contributed by atoms with Crippen LogP contribution in [0.4, 0.5) is 0 Å². The molecule has 1 aromatic rings. The fourth-order valence-electron chi connectivity index (χ4n) is 5.59. The van der Waals surface area contributed by atoms with Crippen molar-refractivity contribution in [2.75, 3.05) is 0 Å². The van der Waals surface area contributed by atoms with Gasteiger partial charge in [-0.25, -0.2) is 9.13 Å². The van der Waals surface area contributed by atoms with Crippen LogP contribution >= 0.6 is 0 Å². The summed E-state index contributed by atoms with van der Waals surface area (Å²) in [7, 11) is 0. The van der Waals surface area contributed by atoms with Gasteiger partial charge in [0.1, 0.15) is 12.4 Å². The lowest BCUT2D eigenvalue weighted by atomic mass is 10.0. The van der Waals surface area contributed by atoms with Gasteiger partial charge in [0.15, 0.2) is 0 Å². The van der Waals surface area contributed by atoms with Crippen LogP contribution in [-0.4, -0.2) is 4.57 Å². The van der Waals surface area contributed by atoms with Gasteiger partial charge in [0.25, 0.3) is 5.82 Å². The van der Waals surface area contributed by atoms with E-state index in [9.17, 15) is 0 Å². The predicted molar refractivity (Wildman–Crippen MR) is 161 cm³/mol. The fraction of sp³-hybridized carbons (Fsp3) is 0.912. The zero-order valence-corrected chi connectivity index (χ0v) is 25.3. The number of unbranched alkanes of at least 4 members (excludes halogenated alkanes) is 22. The minimum absolute atomic E-state index is 1.20. The number of hydrogen-bond acceptors (Lipinski definition) is 0. The van der Waals surface area contributed by atoms with Crippen molar-refractivity contribution < 1.29 is 4.57 Å². The summed E-state index contributed by atoms with van der Waals surface area (Å²) in [6.07, 6.45) is 41.5. The average Bonchev–Trinajstić information content (AvgIpc) is 3.27. The molecule has 0 radical (unpaired) electrons. The molecule has 0 aliphatic heterocycles. The lowest BCUT2D eigenvalue weighted by Gasteiger charge is -2.06. The van der Waals surface area contributed by atoms with Gasteiger partial charge in [0.05, 0.1) is 13.1 Å². The Hall–Kier alpha value is -0.790. The van der Waals surface area contributed by atoms with E-state index in [1.807, 2.05) is 0 Å². The van der Waals surface area contributed by atoms with Crippen LogP contribution in [0, 0.1) is 0 Å². The van der Waals surface area contributed by atoms with E-state index in [0.29, 0.717) is 0 Å². The van der Waals surface area contributed by atoms with Crippen LogP contribution in [0.3, 0.4) is 0 Å². The Morgan fingerprint density at radius 2 is 0.861 bits per heavy atom. The maximum Gasteiger partial charge on any atom is 0.256 e. The van der Waals surface area contributed by atoms with Crippen molar-refractivity contribution >= 4 is 0 Å². The zero-order chi connectivity index (χ0) is 25.9. The van der Waals surface area contributed by atoms with Crippen LogP contribution in [0.5, 0.6) is 0 Å². The van der Waals surface area contributed by atoms with Gasteiger partial charge in [0, 0.05) is 6.42 Å². The van der Waals surface area contributed by atoms with E-state index in [2.05, 4.69) is 42.3 Å². The van der Waals surface area contributed by atoms with Crippen molar-refractivity contribution in [3.8, 4) is 0 Å². The average molecular weight is 504 g/mol. The first-order chi connectivity index (χ1) is 17.8. The highest BCUT2D eigenvalue weighted by Gasteiger charge is 2.16. The van der Waals surface area contributed by atoms with Gasteiger partial charge in [-0.3, -0.25) is 0 Å². The Bertz CT molecular complexity index is 562. The van der Waals surface area contributed by atoms with Gasteiger partial charge >= 0.3 is 0 Å². The highest BCUT2D eigenvalue weighted by Crippen LogP contribution is 2.14. The maximum absolute atomic E-state index is 2.60. The molecular weight excluding hydrogens is 436 g/mol. The number of aryl methyl sites for hydroxylation is 2. The van der Waals surface area contributed by atoms with Crippen molar-refractivity contribution in [2.24, 2.45) is 0 Å². The molecule has 0 unspecified atom stereocenters. The Kier molecular flexibility index (Phi) is 23.9. The normalized spacial score (nSPS) is 11.5. The second-order valence-corrected chi connectivity index (χ2v) is 11.6. The third kappa shape index (κ3) is 18.5. The SMILES string of the molecule is CCCCCCCCCCCCCCCC[n+]1ccn(CCCC)c1CCCCCCCCCCC. The molecule has 2 nitrogen and oxygen atoms in total. The zero-order valence-electron chi connectivity index (χ0n) is 25.3. The summed E-state index contributed by atoms with van der Waals surface area (Å²) < 4.78 is 5.17. The van der Waals surface area contributed by atoms with Crippen molar-refractivity contribution in [3.05, 3.63) is 18.2 Å². The number of hydrogen-bond donors (Lipinski definition) is 0. The maximum atomic E-state index is 2.60.